The minimum Gasteiger partial charge on any atom is -0.496 e. The highest BCUT2D eigenvalue weighted by Crippen LogP contribution is 2.25. The molecule has 1 aliphatic rings. The number of benzene rings is 1. The number of hydrogen-bond acceptors (Lipinski definition) is 3. The van der Waals surface area contributed by atoms with E-state index < -0.39 is 0 Å². The van der Waals surface area contributed by atoms with E-state index in [1.165, 1.54) is 0 Å². The molecule has 4 nitrogen and oxygen atoms in total. The summed E-state index contributed by atoms with van der Waals surface area (Å²) >= 11 is 0. The predicted molar refractivity (Wildman–Crippen MR) is 87.2 cm³/mol. The summed E-state index contributed by atoms with van der Waals surface area (Å²) < 4.78 is 11.0. The van der Waals surface area contributed by atoms with Crippen LogP contribution in [0.2, 0.25) is 0 Å². The second-order valence-electron chi connectivity index (χ2n) is 6.19. The second kappa shape index (κ2) is 7.63. The lowest BCUT2D eigenvalue weighted by atomic mass is 10.0. The average molecular weight is 305 g/mol. The highest BCUT2D eigenvalue weighted by molar-refractivity contribution is 5.75. The molecular formula is C18H27NO3. The van der Waals surface area contributed by atoms with Gasteiger partial charge in [-0.1, -0.05) is 12.1 Å². The van der Waals surface area contributed by atoms with E-state index in [4.69, 9.17) is 9.47 Å². The predicted octanol–water partition coefficient (Wildman–Crippen LogP) is 3.23. The minimum atomic E-state index is 0.182. The van der Waals surface area contributed by atoms with Crippen LogP contribution < -0.4 is 4.74 Å². The van der Waals surface area contributed by atoms with Crippen LogP contribution in [0, 0.1) is 13.8 Å². The van der Waals surface area contributed by atoms with Crippen molar-refractivity contribution in [3.05, 3.63) is 28.8 Å². The van der Waals surface area contributed by atoms with Gasteiger partial charge in [0, 0.05) is 26.6 Å². The molecule has 0 saturated carbocycles. The normalized spacial score (nSPS) is 17.5. The maximum atomic E-state index is 12.2. The van der Waals surface area contributed by atoms with Crippen molar-refractivity contribution in [2.75, 3.05) is 20.8 Å². The van der Waals surface area contributed by atoms with E-state index in [2.05, 4.69) is 12.1 Å². The smallest absolute Gasteiger partial charge is 0.222 e. The summed E-state index contributed by atoms with van der Waals surface area (Å²) in [6, 6.07) is 4.19. The molecule has 4 heteroatoms. The van der Waals surface area contributed by atoms with E-state index in [9.17, 15) is 4.79 Å². The molecule has 0 aliphatic carbocycles. The number of carbonyl (C=O) groups excluding carboxylic acids is 1. The topological polar surface area (TPSA) is 38.8 Å². The molecule has 1 heterocycles. The van der Waals surface area contributed by atoms with E-state index in [-0.39, 0.29) is 12.0 Å². The number of amides is 1. The zero-order valence-electron chi connectivity index (χ0n) is 14.1. The quantitative estimate of drug-likeness (QED) is 0.810. The van der Waals surface area contributed by atoms with Gasteiger partial charge in [-0.3, -0.25) is 4.79 Å². The summed E-state index contributed by atoms with van der Waals surface area (Å²) in [4.78, 5) is 14.0. The van der Waals surface area contributed by atoms with Gasteiger partial charge in [-0.25, -0.2) is 0 Å². The first-order chi connectivity index (χ1) is 10.5. The van der Waals surface area contributed by atoms with Gasteiger partial charge in [0.2, 0.25) is 5.91 Å². The molecule has 122 valence electrons. The largest absolute Gasteiger partial charge is 0.496 e. The number of hydrogen-bond donors (Lipinski definition) is 0. The first-order valence-electron chi connectivity index (χ1n) is 8.01. The van der Waals surface area contributed by atoms with Crippen LogP contribution in [0.4, 0.5) is 0 Å². The van der Waals surface area contributed by atoms with Crippen molar-refractivity contribution in [2.24, 2.45) is 0 Å². The molecule has 1 aliphatic heterocycles. The van der Waals surface area contributed by atoms with Gasteiger partial charge in [-0.05, 0) is 49.8 Å². The Morgan fingerprint density at radius 3 is 2.59 bits per heavy atom. The summed E-state index contributed by atoms with van der Waals surface area (Å²) in [5, 5.41) is 0. The van der Waals surface area contributed by atoms with Crippen LogP contribution in [0.1, 0.15) is 42.4 Å². The third-order valence-electron chi connectivity index (χ3n) is 4.27. The number of carbonyl (C=O) groups is 1. The van der Waals surface area contributed by atoms with Gasteiger partial charge < -0.3 is 14.4 Å². The summed E-state index contributed by atoms with van der Waals surface area (Å²) in [5.41, 5.74) is 3.36. The maximum absolute atomic E-state index is 12.2. The monoisotopic (exact) mass is 305 g/mol. The first-order valence-corrected chi connectivity index (χ1v) is 8.01. The lowest BCUT2D eigenvalue weighted by molar-refractivity contribution is -0.131. The fourth-order valence-corrected chi connectivity index (χ4v) is 3.16. The highest BCUT2D eigenvalue weighted by atomic mass is 16.5. The van der Waals surface area contributed by atoms with Gasteiger partial charge >= 0.3 is 0 Å². The Bertz CT molecular complexity index is 498. The Labute approximate surface area is 133 Å². The molecule has 1 atom stereocenters. The Balaban J connectivity index is 1.90. The molecule has 22 heavy (non-hydrogen) atoms. The Hall–Kier alpha value is -1.55. The van der Waals surface area contributed by atoms with Crippen LogP contribution in [-0.2, 0) is 16.1 Å². The summed E-state index contributed by atoms with van der Waals surface area (Å²) in [6.07, 6.45) is 3.90. The summed E-state index contributed by atoms with van der Waals surface area (Å²) in [7, 11) is 3.56. The van der Waals surface area contributed by atoms with Crippen molar-refractivity contribution in [1.82, 2.24) is 4.90 Å². The molecule has 2 rings (SSSR count). The highest BCUT2D eigenvalue weighted by Gasteiger charge is 2.18. The van der Waals surface area contributed by atoms with Crippen molar-refractivity contribution in [3.63, 3.8) is 0 Å². The zero-order valence-corrected chi connectivity index (χ0v) is 14.1. The second-order valence-corrected chi connectivity index (χ2v) is 6.19. The van der Waals surface area contributed by atoms with Gasteiger partial charge in [0.25, 0.3) is 0 Å². The lowest BCUT2D eigenvalue weighted by Crippen LogP contribution is -2.27. The summed E-state index contributed by atoms with van der Waals surface area (Å²) in [6.45, 7) is 5.55. The average Bonchev–Trinajstić information content (AvgIpc) is 2.97. The first kappa shape index (κ1) is 16.8. The fourth-order valence-electron chi connectivity index (χ4n) is 3.16. The van der Waals surface area contributed by atoms with Gasteiger partial charge in [0.05, 0.1) is 13.2 Å². The molecule has 0 N–H and O–H groups in total. The third-order valence-corrected chi connectivity index (χ3v) is 4.27. The Kier molecular flexibility index (Phi) is 5.83. The minimum absolute atomic E-state index is 0.182. The SMILES string of the molecule is COc1c(C)cc(CN(C)C(=O)CC[C@H]2CCCO2)cc1C. The van der Waals surface area contributed by atoms with E-state index in [1.54, 1.807) is 12.0 Å². The van der Waals surface area contributed by atoms with E-state index in [1.807, 2.05) is 20.9 Å². The number of methoxy groups -OCH3 is 1. The van der Waals surface area contributed by atoms with Crippen molar-refractivity contribution in [2.45, 2.75) is 52.2 Å². The standard InChI is InChI=1S/C18H27NO3/c1-13-10-15(11-14(2)18(13)21-4)12-19(3)17(20)8-7-16-6-5-9-22-16/h10-11,16H,5-9,12H2,1-4H3/t16-/m1/s1. The van der Waals surface area contributed by atoms with Crippen LogP contribution in [0.3, 0.4) is 0 Å². The number of nitrogens with zero attached hydrogens (tertiary/aromatic N) is 1. The van der Waals surface area contributed by atoms with Crippen LogP contribution in [0.5, 0.6) is 5.75 Å². The molecule has 1 saturated heterocycles. The molecular weight excluding hydrogens is 278 g/mol. The number of rotatable bonds is 6. The molecule has 1 aromatic rings. The molecule has 0 bridgehead atoms. The van der Waals surface area contributed by atoms with Crippen molar-refractivity contribution < 1.29 is 14.3 Å². The van der Waals surface area contributed by atoms with Gasteiger partial charge in [-0.15, -0.1) is 0 Å². The Morgan fingerprint density at radius 1 is 1.36 bits per heavy atom. The van der Waals surface area contributed by atoms with Gasteiger partial charge in [0.1, 0.15) is 5.75 Å². The van der Waals surface area contributed by atoms with Gasteiger partial charge in [0.15, 0.2) is 0 Å². The van der Waals surface area contributed by atoms with Crippen LogP contribution in [0.25, 0.3) is 0 Å². The fraction of sp³-hybridized carbons (Fsp3) is 0.611. The van der Waals surface area contributed by atoms with Crippen molar-refractivity contribution in [1.29, 1.82) is 0 Å². The number of aryl methyl sites for hydroxylation is 2. The molecule has 1 aromatic carbocycles. The Morgan fingerprint density at radius 2 is 2.05 bits per heavy atom. The zero-order chi connectivity index (χ0) is 16.1. The van der Waals surface area contributed by atoms with Crippen LogP contribution >= 0.6 is 0 Å². The maximum Gasteiger partial charge on any atom is 0.222 e. The molecule has 0 aromatic heterocycles. The van der Waals surface area contributed by atoms with Crippen molar-refractivity contribution in [3.8, 4) is 5.75 Å². The number of ether oxygens (including phenoxy) is 2. The molecule has 0 unspecified atom stereocenters. The van der Waals surface area contributed by atoms with Crippen LogP contribution in [0.15, 0.2) is 12.1 Å². The molecule has 1 amide bonds. The molecule has 0 spiro atoms. The van der Waals surface area contributed by atoms with Gasteiger partial charge in [-0.2, -0.15) is 0 Å². The third kappa shape index (κ3) is 4.23. The van der Waals surface area contributed by atoms with Crippen LogP contribution in [-0.4, -0.2) is 37.7 Å². The lowest BCUT2D eigenvalue weighted by Gasteiger charge is -2.20. The van der Waals surface area contributed by atoms with Crippen molar-refractivity contribution >= 4 is 5.91 Å². The van der Waals surface area contributed by atoms with E-state index in [0.717, 1.165) is 48.3 Å². The van der Waals surface area contributed by atoms with E-state index >= 15 is 0 Å². The molecule has 0 radical (unpaired) electrons. The summed E-state index contributed by atoms with van der Waals surface area (Å²) in [5.74, 6) is 1.11. The van der Waals surface area contributed by atoms with E-state index in [0.29, 0.717) is 13.0 Å². The molecule has 1 fully saturated rings.